The van der Waals surface area contributed by atoms with E-state index in [1.54, 1.807) is 12.4 Å². The third-order valence-electron chi connectivity index (χ3n) is 7.06. The molecule has 3 heterocycles. The number of phenols is 1. The molecule has 0 fully saturated rings. The molecule has 194 valence electrons. The lowest BCUT2D eigenvalue weighted by atomic mass is 9.94. The number of carbonyl (C=O) groups excluding carboxylic acids is 1. The Morgan fingerprint density at radius 3 is 2.59 bits per heavy atom. The number of nitrogens with one attached hydrogen (secondary N) is 1. The number of H-pyrrole nitrogens is 1. The maximum Gasteiger partial charge on any atom is 0.273 e. The summed E-state index contributed by atoms with van der Waals surface area (Å²) in [4.78, 5) is 19.8. The van der Waals surface area contributed by atoms with Gasteiger partial charge in [0.05, 0.1) is 6.04 Å². The van der Waals surface area contributed by atoms with Gasteiger partial charge in [-0.15, -0.1) is 0 Å². The minimum absolute atomic E-state index is 0.155. The summed E-state index contributed by atoms with van der Waals surface area (Å²) < 4.78 is 6.13. The first-order valence-electron chi connectivity index (χ1n) is 12.8. The lowest BCUT2D eigenvalue weighted by molar-refractivity contribution is 0.0729. The number of hydrogen-bond acceptors (Lipinski definition) is 5. The number of amides is 1. The molecule has 39 heavy (non-hydrogen) atoms. The van der Waals surface area contributed by atoms with Crippen LogP contribution in [0, 0.1) is 13.8 Å². The molecule has 2 aromatic heterocycles. The molecule has 1 unspecified atom stereocenters. The number of benzene rings is 3. The van der Waals surface area contributed by atoms with Crippen molar-refractivity contribution in [2.75, 3.05) is 0 Å². The van der Waals surface area contributed by atoms with Crippen LogP contribution >= 0.6 is 0 Å². The van der Waals surface area contributed by atoms with E-state index < -0.39 is 6.04 Å². The first kappa shape index (κ1) is 24.4. The molecule has 1 amide bonds. The summed E-state index contributed by atoms with van der Waals surface area (Å²) >= 11 is 0. The summed E-state index contributed by atoms with van der Waals surface area (Å²) in [6.45, 7) is 4.65. The Labute approximate surface area is 226 Å². The standard InChI is InChI=1S/C32H28N4O3/c1-20-14-21(2)31(37)26(15-20)28-27-29(35-34-28)32(38)36(18-23-10-7-13-33-17-23)30(27)24-11-6-12-25(16-24)39-19-22-8-4-3-5-9-22/h3-17,30,37H,18-19H2,1-2H3,(H,34,35). The molecular formula is C32H28N4O3. The summed E-state index contributed by atoms with van der Waals surface area (Å²) in [5.74, 6) is 0.710. The molecule has 0 saturated carbocycles. The normalized spacial score (nSPS) is 14.5. The fourth-order valence-corrected chi connectivity index (χ4v) is 5.26. The largest absolute Gasteiger partial charge is 0.507 e. The van der Waals surface area contributed by atoms with Gasteiger partial charge in [-0.1, -0.05) is 54.6 Å². The Bertz CT molecular complexity index is 1650. The third-order valence-corrected chi connectivity index (χ3v) is 7.06. The van der Waals surface area contributed by atoms with Gasteiger partial charge in [-0.3, -0.25) is 14.9 Å². The zero-order chi connectivity index (χ0) is 26.9. The predicted molar refractivity (Wildman–Crippen MR) is 148 cm³/mol. The van der Waals surface area contributed by atoms with Gasteiger partial charge in [0.1, 0.15) is 29.5 Å². The van der Waals surface area contributed by atoms with Crippen molar-refractivity contribution in [3.05, 3.63) is 130 Å². The van der Waals surface area contributed by atoms with Crippen LogP contribution in [-0.2, 0) is 13.2 Å². The van der Waals surface area contributed by atoms with Crippen LogP contribution in [0.15, 0.2) is 91.3 Å². The number of aromatic nitrogens is 3. The number of rotatable bonds is 7. The molecule has 7 heteroatoms. The highest BCUT2D eigenvalue weighted by Gasteiger charge is 2.42. The number of phenolic OH excluding ortho intramolecular Hbond substituents is 1. The maximum atomic E-state index is 13.8. The van der Waals surface area contributed by atoms with Gasteiger partial charge in [0, 0.05) is 30.1 Å². The molecule has 0 radical (unpaired) electrons. The Kier molecular flexibility index (Phi) is 6.32. The highest BCUT2D eigenvalue weighted by atomic mass is 16.5. The molecule has 1 aliphatic heterocycles. The summed E-state index contributed by atoms with van der Waals surface area (Å²) in [6.07, 6.45) is 3.49. The van der Waals surface area contributed by atoms with E-state index in [-0.39, 0.29) is 11.7 Å². The van der Waals surface area contributed by atoms with Crippen molar-refractivity contribution in [2.24, 2.45) is 0 Å². The van der Waals surface area contributed by atoms with E-state index in [9.17, 15) is 9.90 Å². The van der Waals surface area contributed by atoms with Crippen LogP contribution in [0.3, 0.4) is 0 Å². The van der Waals surface area contributed by atoms with Crippen molar-refractivity contribution in [3.8, 4) is 22.8 Å². The van der Waals surface area contributed by atoms with Crippen molar-refractivity contribution < 1.29 is 14.6 Å². The number of pyridine rings is 1. The van der Waals surface area contributed by atoms with Crippen molar-refractivity contribution >= 4 is 5.91 Å². The molecule has 1 aliphatic rings. The number of hydrogen-bond donors (Lipinski definition) is 2. The van der Waals surface area contributed by atoms with Crippen LogP contribution in [0.1, 0.15) is 49.9 Å². The molecule has 0 aliphatic carbocycles. The van der Waals surface area contributed by atoms with Gasteiger partial charge in [0.2, 0.25) is 0 Å². The fourth-order valence-electron chi connectivity index (χ4n) is 5.26. The molecule has 6 rings (SSSR count). The number of aromatic amines is 1. The molecule has 7 nitrogen and oxygen atoms in total. The second-order valence-electron chi connectivity index (χ2n) is 9.88. The van der Waals surface area contributed by atoms with Crippen LogP contribution in [0.4, 0.5) is 0 Å². The van der Waals surface area contributed by atoms with Crippen LogP contribution in [0.2, 0.25) is 0 Å². The fraction of sp³-hybridized carbons (Fsp3) is 0.156. The van der Waals surface area contributed by atoms with E-state index >= 15 is 0 Å². The van der Waals surface area contributed by atoms with Crippen molar-refractivity contribution in [3.63, 3.8) is 0 Å². The van der Waals surface area contributed by atoms with Crippen LogP contribution < -0.4 is 4.74 Å². The summed E-state index contributed by atoms with van der Waals surface area (Å²) in [6, 6.07) is 25.0. The lowest BCUT2D eigenvalue weighted by Gasteiger charge is -2.27. The Morgan fingerprint density at radius 2 is 1.79 bits per heavy atom. The highest BCUT2D eigenvalue weighted by Crippen LogP contribution is 2.46. The Morgan fingerprint density at radius 1 is 0.974 bits per heavy atom. The van der Waals surface area contributed by atoms with E-state index in [4.69, 9.17) is 4.74 Å². The van der Waals surface area contributed by atoms with Crippen LogP contribution in [0.25, 0.3) is 11.3 Å². The second-order valence-corrected chi connectivity index (χ2v) is 9.88. The number of aromatic hydroxyl groups is 1. The van der Waals surface area contributed by atoms with Crippen molar-refractivity contribution in [1.29, 1.82) is 0 Å². The Hall–Kier alpha value is -4.91. The lowest BCUT2D eigenvalue weighted by Crippen LogP contribution is -2.29. The van der Waals surface area contributed by atoms with E-state index in [0.29, 0.717) is 35.9 Å². The minimum Gasteiger partial charge on any atom is -0.507 e. The zero-order valence-electron chi connectivity index (χ0n) is 21.8. The molecule has 0 spiro atoms. The zero-order valence-corrected chi connectivity index (χ0v) is 21.8. The van der Waals surface area contributed by atoms with Gasteiger partial charge < -0.3 is 14.7 Å². The smallest absolute Gasteiger partial charge is 0.273 e. The first-order chi connectivity index (χ1) is 19.0. The quantitative estimate of drug-likeness (QED) is 0.272. The highest BCUT2D eigenvalue weighted by molar-refractivity contribution is 6.00. The van der Waals surface area contributed by atoms with Gasteiger partial charge in [-0.2, -0.15) is 5.10 Å². The third kappa shape index (κ3) is 4.63. The summed E-state index contributed by atoms with van der Waals surface area (Å²) in [7, 11) is 0. The van der Waals surface area contributed by atoms with Gasteiger partial charge >= 0.3 is 0 Å². The molecule has 0 saturated heterocycles. The van der Waals surface area contributed by atoms with E-state index in [1.807, 2.05) is 97.6 Å². The second kappa shape index (κ2) is 10.1. The van der Waals surface area contributed by atoms with Crippen molar-refractivity contribution in [2.45, 2.75) is 33.0 Å². The van der Waals surface area contributed by atoms with Crippen molar-refractivity contribution in [1.82, 2.24) is 20.1 Å². The van der Waals surface area contributed by atoms with Gasteiger partial charge in [0.15, 0.2) is 0 Å². The average molecular weight is 517 g/mol. The van der Waals surface area contributed by atoms with E-state index in [2.05, 4.69) is 15.2 Å². The maximum absolute atomic E-state index is 13.8. The molecule has 1 atom stereocenters. The topological polar surface area (TPSA) is 91.3 Å². The number of fused-ring (bicyclic) bond motifs is 1. The van der Waals surface area contributed by atoms with Gasteiger partial charge in [-0.25, -0.2) is 0 Å². The molecule has 3 aromatic carbocycles. The number of nitrogens with zero attached hydrogens (tertiary/aromatic N) is 3. The van der Waals surface area contributed by atoms with Crippen LogP contribution in [0.5, 0.6) is 11.5 Å². The first-order valence-corrected chi connectivity index (χ1v) is 12.8. The minimum atomic E-state index is -0.443. The van der Waals surface area contributed by atoms with Crippen LogP contribution in [-0.4, -0.2) is 31.1 Å². The summed E-state index contributed by atoms with van der Waals surface area (Å²) in [5.41, 5.74) is 6.97. The van der Waals surface area contributed by atoms with E-state index in [1.165, 1.54) is 0 Å². The monoisotopic (exact) mass is 516 g/mol. The average Bonchev–Trinajstić information content (AvgIpc) is 3.49. The Balaban J connectivity index is 1.44. The SMILES string of the molecule is Cc1cc(C)c(O)c(-c2n[nH]c3c2C(c2cccc(OCc4ccccc4)c2)N(Cc2cccnc2)C3=O)c1. The summed E-state index contributed by atoms with van der Waals surface area (Å²) in [5, 5.41) is 18.5. The van der Waals surface area contributed by atoms with Gasteiger partial charge in [-0.05, 0) is 65.9 Å². The number of ether oxygens (including phenoxy) is 1. The van der Waals surface area contributed by atoms with Gasteiger partial charge in [0.25, 0.3) is 5.91 Å². The number of aryl methyl sites for hydroxylation is 2. The molecule has 2 N–H and O–H groups in total. The number of carbonyl (C=O) groups is 1. The predicted octanol–water partition coefficient (Wildman–Crippen LogP) is 6.12. The van der Waals surface area contributed by atoms with E-state index in [0.717, 1.165) is 33.4 Å². The molecule has 5 aromatic rings. The molecular weight excluding hydrogens is 488 g/mol. The molecule has 0 bridgehead atoms.